The van der Waals surface area contributed by atoms with E-state index in [1.807, 2.05) is 0 Å². The molecule has 0 N–H and O–H groups in total. The summed E-state index contributed by atoms with van der Waals surface area (Å²) >= 11 is 0. The van der Waals surface area contributed by atoms with Crippen LogP contribution in [-0.2, 0) is 0 Å². The minimum Gasteiger partial charge on any atom is -0.276 e. The lowest BCUT2D eigenvalue weighted by Gasteiger charge is -2.14. The van der Waals surface area contributed by atoms with Crippen LogP contribution in [0.2, 0.25) is 0 Å². The molecule has 0 aliphatic rings. The lowest BCUT2D eigenvalue weighted by molar-refractivity contribution is 1.15. The van der Waals surface area contributed by atoms with Crippen LogP contribution in [0.1, 0.15) is 0 Å². The number of fused-ring (bicyclic) bond motifs is 12. The molecule has 0 amide bonds. The molecule has 4 heterocycles. The number of rotatable bonds is 3. The minimum atomic E-state index is 0.870. The lowest BCUT2D eigenvalue weighted by atomic mass is 9.91. The van der Waals surface area contributed by atoms with Crippen LogP contribution in [-0.4, -0.2) is 23.2 Å². The molecule has 5 nitrogen and oxygen atoms in total. The summed E-state index contributed by atoms with van der Waals surface area (Å²) in [6, 6.07) is 59.0. The molecule has 0 aliphatic heterocycles. The van der Waals surface area contributed by atoms with Gasteiger partial charge in [0.15, 0.2) is 0 Å². The van der Waals surface area contributed by atoms with Gasteiger partial charge in [-0.2, -0.15) is 0 Å². The molecular formula is C46H27N5. The summed E-state index contributed by atoms with van der Waals surface area (Å²) in [6.07, 6.45) is 0. The molecule has 12 aromatic rings. The van der Waals surface area contributed by atoms with Gasteiger partial charge in [0.25, 0.3) is 0 Å². The van der Waals surface area contributed by atoms with Crippen molar-refractivity contribution < 1.29 is 0 Å². The largest absolute Gasteiger partial charge is 0.276 e. The van der Waals surface area contributed by atoms with Crippen LogP contribution in [0.5, 0.6) is 0 Å². The first kappa shape index (κ1) is 26.9. The van der Waals surface area contributed by atoms with Gasteiger partial charge in [0.05, 0.1) is 33.1 Å². The van der Waals surface area contributed by atoms with Crippen molar-refractivity contribution in [2.45, 2.75) is 0 Å². The normalized spacial score (nSPS) is 12.3. The van der Waals surface area contributed by atoms with Crippen LogP contribution in [0.25, 0.3) is 105 Å². The zero-order chi connectivity index (χ0) is 33.2. The average molecular weight is 650 g/mol. The van der Waals surface area contributed by atoms with Crippen LogP contribution in [0.15, 0.2) is 164 Å². The summed E-state index contributed by atoms with van der Waals surface area (Å²) in [7, 11) is 0. The average Bonchev–Trinajstić information content (AvgIpc) is 3.91. The molecule has 236 valence electrons. The topological polar surface area (TPSA) is 39.0 Å². The van der Waals surface area contributed by atoms with E-state index in [1.54, 1.807) is 0 Å². The summed E-state index contributed by atoms with van der Waals surface area (Å²) in [6.45, 7) is 0. The Morgan fingerprint density at radius 2 is 0.804 bits per heavy atom. The van der Waals surface area contributed by atoms with Gasteiger partial charge in [-0.3, -0.25) is 8.80 Å². The van der Waals surface area contributed by atoms with Crippen LogP contribution >= 0.6 is 0 Å². The van der Waals surface area contributed by atoms with E-state index in [-0.39, 0.29) is 0 Å². The van der Waals surface area contributed by atoms with E-state index in [0.29, 0.717) is 0 Å². The second-order valence-electron chi connectivity index (χ2n) is 13.6. The van der Waals surface area contributed by atoms with Crippen molar-refractivity contribution in [3.8, 4) is 33.4 Å². The predicted octanol–water partition coefficient (Wildman–Crippen LogP) is 11.4. The Labute approximate surface area is 291 Å². The molecule has 4 aromatic heterocycles. The predicted molar refractivity (Wildman–Crippen MR) is 210 cm³/mol. The Morgan fingerprint density at radius 3 is 1.35 bits per heavy atom. The standard InChI is InChI=1S/C46H27N5/c1-3-11-28(12-4-1)34-19-20-36(37(21-34)29-13-5-2-6-14-29)35-26-42-44-43(27-35)50-41-25-33-18-10-8-16-31(33)23-39(41)48-46(50)51(44)45-47-38-22-30-15-7-9-17-32(30)24-40(38)49(42)45/h1-27H. The number of hydrogen-bond acceptors (Lipinski definition) is 2. The number of hydrogen-bond donors (Lipinski definition) is 0. The highest BCUT2D eigenvalue weighted by molar-refractivity contribution is 6.09. The first-order valence-electron chi connectivity index (χ1n) is 17.3. The Bertz CT molecular complexity index is 3190. The molecule has 5 heteroatoms. The van der Waals surface area contributed by atoms with Crippen molar-refractivity contribution in [2.75, 3.05) is 0 Å². The van der Waals surface area contributed by atoms with Crippen molar-refractivity contribution in [3.63, 3.8) is 0 Å². The SMILES string of the molecule is c1ccc(-c2ccc(-c3cc4c5c(c3)n3c6cc7ccccc7cc6nc3n5c3nc5cc6ccccc6cc5n43)c(-c3ccccc3)c2)cc1. The van der Waals surface area contributed by atoms with Crippen LogP contribution in [0.3, 0.4) is 0 Å². The van der Waals surface area contributed by atoms with Gasteiger partial charge in [-0.05, 0) is 97.4 Å². The zero-order valence-electron chi connectivity index (χ0n) is 27.3. The molecule has 0 saturated carbocycles. The van der Waals surface area contributed by atoms with E-state index in [2.05, 4.69) is 177 Å². The molecule has 51 heavy (non-hydrogen) atoms. The summed E-state index contributed by atoms with van der Waals surface area (Å²) < 4.78 is 6.94. The monoisotopic (exact) mass is 649 g/mol. The molecule has 0 radical (unpaired) electrons. The maximum atomic E-state index is 5.32. The smallest absolute Gasteiger partial charge is 0.223 e. The molecular weight excluding hydrogens is 623 g/mol. The van der Waals surface area contributed by atoms with Crippen molar-refractivity contribution in [3.05, 3.63) is 164 Å². The highest BCUT2D eigenvalue weighted by atomic mass is 15.3. The third-order valence-corrected chi connectivity index (χ3v) is 10.7. The third kappa shape index (κ3) is 3.69. The number of benzene rings is 8. The van der Waals surface area contributed by atoms with Gasteiger partial charge in [-0.15, -0.1) is 0 Å². The Kier molecular flexibility index (Phi) is 5.17. The maximum Gasteiger partial charge on any atom is 0.223 e. The van der Waals surface area contributed by atoms with E-state index < -0.39 is 0 Å². The van der Waals surface area contributed by atoms with Gasteiger partial charge in [0, 0.05) is 0 Å². The Hall–Kier alpha value is -6.98. The number of aromatic nitrogens is 5. The third-order valence-electron chi connectivity index (χ3n) is 10.7. The number of nitrogens with zero attached hydrogens (tertiary/aromatic N) is 5. The Morgan fingerprint density at radius 1 is 0.314 bits per heavy atom. The Balaban J connectivity index is 1.24. The second-order valence-corrected chi connectivity index (χ2v) is 13.6. The molecule has 0 aliphatic carbocycles. The second kappa shape index (κ2) is 9.80. The molecule has 0 atom stereocenters. The van der Waals surface area contributed by atoms with Gasteiger partial charge in [0.2, 0.25) is 11.6 Å². The van der Waals surface area contributed by atoms with Crippen LogP contribution in [0.4, 0.5) is 0 Å². The van der Waals surface area contributed by atoms with E-state index in [0.717, 1.165) is 55.7 Å². The van der Waals surface area contributed by atoms with Crippen molar-refractivity contribution in [2.24, 2.45) is 0 Å². The number of imidazole rings is 4. The van der Waals surface area contributed by atoms with E-state index in [1.165, 1.54) is 49.4 Å². The minimum absolute atomic E-state index is 0.870. The van der Waals surface area contributed by atoms with Gasteiger partial charge in [0.1, 0.15) is 5.52 Å². The van der Waals surface area contributed by atoms with Crippen molar-refractivity contribution in [1.82, 2.24) is 23.2 Å². The molecule has 8 aromatic carbocycles. The van der Waals surface area contributed by atoms with Crippen LogP contribution in [0, 0.1) is 0 Å². The van der Waals surface area contributed by atoms with E-state index in [9.17, 15) is 0 Å². The molecule has 0 spiro atoms. The van der Waals surface area contributed by atoms with Gasteiger partial charge < -0.3 is 0 Å². The summed E-state index contributed by atoms with van der Waals surface area (Å²) in [5.41, 5.74) is 14.6. The summed E-state index contributed by atoms with van der Waals surface area (Å²) in [4.78, 5) is 10.6. The fourth-order valence-corrected chi connectivity index (χ4v) is 8.36. The maximum absolute atomic E-state index is 5.32. The summed E-state index contributed by atoms with van der Waals surface area (Å²) in [5, 5.41) is 4.76. The fraction of sp³-hybridized carbons (Fsp3) is 0. The zero-order valence-corrected chi connectivity index (χ0v) is 27.3. The van der Waals surface area contributed by atoms with Crippen molar-refractivity contribution >= 4 is 71.7 Å². The molecule has 0 unspecified atom stereocenters. The van der Waals surface area contributed by atoms with Crippen molar-refractivity contribution in [1.29, 1.82) is 0 Å². The fourth-order valence-electron chi connectivity index (χ4n) is 8.36. The molecule has 0 saturated heterocycles. The van der Waals surface area contributed by atoms with E-state index >= 15 is 0 Å². The molecule has 0 fully saturated rings. The summed E-state index contributed by atoms with van der Waals surface area (Å²) in [5.74, 6) is 1.74. The van der Waals surface area contributed by atoms with Gasteiger partial charge in [-0.25, -0.2) is 14.4 Å². The van der Waals surface area contributed by atoms with Gasteiger partial charge >= 0.3 is 0 Å². The quantitative estimate of drug-likeness (QED) is 0.191. The highest BCUT2D eigenvalue weighted by Crippen LogP contribution is 2.42. The molecule has 0 bridgehead atoms. The van der Waals surface area contributed by atoms with Crippen LogP contribution < -0.4 is 0 Å². The first-order valence-corrected chi connectivity index (χ1v) is 17.3. The van der Waals surface area contributed by atoms with E-state index in [4.69, 9.17) is 9.97 Å². The molecule has 12 rings (SSSR count). The first-order chi connectivity index (χ1) is 25.3. The highest BCUT2D eigenvalue weighted by Gasteiger charge is 2.25. The van der Waals surface area contributed by atoms with Gasteiger partial charge in [-0.1, -0.05) is 121 Å². The lowest BCUT2D eigenvalue weighted by Crippen LogP contribution is -1.91.